The first-order chi connectivity index (χ1) is 16.8. The molecule has 4 rings (SSSR count). The summed E-state index contributed by atoms with van der Waals surface area (Å²) in [5, 5.41) is 22.7. The molecule has 3 aromatic carbocycles. The molecule has 2 unspecified atom stereocenters. The van der Waals surface area contributed by atoms with Crippen molar-refractivity contribution in [3.05, 3.63) is 82.4 Å². The van der Waals surface area contributed by atoms with Crippen LogP contribution >= 0.6 is 0 Å². The minimum atomic E-state index is -0.924. The predicted octanol–water partition coefficient (Wildman–Crippen LogP) is 4.70. The van der Waals surface area contributed by atoms with Crippen molar-refractivity contribution in [2.24, 2.45) is 0 Å². The number of aryl methyl sites for hydroxylation is 4. The van der Waals surface area contributed by atoms with Crippen LogP contribution in [0.1, 0.15) is 39.0 Å². The van der Waals surface area contributed by atoms with Crippen LogP contribution in [0.15, 0.2) is 54.6 Å². The van der Waals surface area contributed by atoms with E-state index in [0.717, 1.165) is 52.2 Å². The fourth-order valence-corrected chi connectivity index (χ4v) is 4.62. The van der Waals surface area contributed by atoms with Crippen LogP contribution in [0, 0.1) is 20.8 Å². The predicted molar refractivity (Wildman–Crippen MR) is 137 cm³/mol. The summed E-state index contributed by atoms with van der Waals surface area (Å²) in [6.45, 7) is 7.43. The summed E-state index contributed by atoms with van der Waals surface area (Å²) in [7, 11) is 0. The molecule has 1 aliphatic rings. The monoisotopic (exact) mass is 475 g/mol. The molecular weight excluding hydrogens is 442 g/mol. The summed E-state index contributed by atoms with van der Waals surface area (Å²) in [6, 6.07) is 17.2. The Morgan fingerprint density at radius 2 is 1.74 bits per heavy atom. The number of benzene rings is 3. The van der Waals surface area contributed by atoms with E-state index in [0.29, 0.717) is 13.1 Å². The van der Waals surface area contributed by atoms with Gasteiger partial charge in [-0.1, -0.05) is 35.9 Å². The number of ether oxygens (including phenoxy) is 2. The molecule has 0 aromatic heterocycles. The van der Waals surface area contributed by atoms with Gasteiger partial charge in [-0.2, -0.15) is 0 Å². The third-order valence-electron chi connectivity index (χ3n) is 6.33. The van der Waals surface area contributed by atoms with Crippen molar-refractivity contribution in [2.45, 2.75) is 45.8 Å². The third kappa shape index (κ3) is 6.21. The molecule has 184 valence electrons. The fraction of sp³-hybridized carbons (Fsp3) is 0.345. The number of carbonyl (C=O) groups is 1. The lowest BCUT2D eigenvalue weighted by atomic mass is 9.96. The first kappa shape index (κ1) is 24.8. The van der Waals surface area contributed by atoms with Gasteiger partial charge in [-0.05, 0) is 85.7 Å². The lowest BCUT2D eigenvalue weighted by Gasteiger charge is -2.27. The molecule has 1 heterocycles. The molecule has 3 aromatic rings. The molecule has 0 spiro atoms. The van der Waals surface area contributed by atoms with E-state index in [1.807, 2.05) is 38.1 Å². The molecule has 0 fully saturated rings. The number of nitrogens with one attached hydrogen (secondary N) is 1. The smallest absolute Gasteiger partial charge is 0.335 e. The summed E-state index contributed by atoms with van der Waals surface area (Å²) in [6.07, 6.45) is 1.22. The molecule has 0 aliphatic carbocycles. The average Bonchev–Trinajstić information content (AvgIpc) is 2.83. The van der Waals surface area contributed by atoms with Gasteiger partial charge in [0.2, 0.25) is 0 Å². The molecular formula is C29H33NO5. The van der Waals surface area contributed by atoms with Gasteiger partial charge >= 0.3 is 5.97 Å². The Labute approximate surface area is 206 Å². The van der Waals surface area contributed by atoms with E-state index in [-0.39, 0.29) is 18.3 Å². The summed E-state index contributed by atoms with van der Waals surface area (Å²) < 4.78 is 12.1. The van der Waals surface area contributed by atoms with Crippen LogP contribution in [-0.2, 0) is 6.42 Å². The van der Waals surface area contributed by atoms with Crippen molar-refractivity contribution in [1.29, 1.82) is 0 Å². The van der Waals surface area contributed by atoms with Crippen molar-refractivity contribution < 1.29 is 24.5 Å². The topological polar surface area (TPSA) is 88.0 Å². The lowest BCUT2D eigenvalue weighted by molar-refractivity contribution is 0.0697. The van der Waals surface area contributed by atoms with Crippen molar-refractivity contribution in [3.8, 4) is 22.6 Å². The molecule has 2 atom stereocenters. The zero-order chi connectivity index (χ0) is 24.9. The normalized spacial score (nSPS) is 15.7. The number of aromatic carboxylic acids is 1. The Bertz CT molecular complexity index is 1170. The second-order valence-electron chi connectivity index (χ2n) is 9.33. The summed E-state index contributed by atoms with van der Waals surface area (Å²) in [5.74, 6) is 0.800. The van der Waals surface area contributed by atoms with Crippen molar-refractivity contribution in [2.75, 3.05) is 19.7 Å². The minimum absolute atomic E-state index is 0.0397. The van der Waals surface area contributed by atoms with E-state index < -0.39 is 12.1 Å². The quantitative estimate of drug-likeness (QED) is 0.416. The van der Waals surface area contributed by atoms with Gasteiger partial charge in [-0.3, -0.25) is 0 Å². The minimum Gasteiger partial charge on any atom is -0.490 e. The number of carboxylic acids is 1. The van der Waals surface area contributed by atoms with E-state index >= 15 is 0 Å². The van der Waals surface area contributed by atoms with Gasteiger partial charge in [0.15, 0.2) is 0 Å². The van der Waals surface area contributed by atoms with Crippen LogP contribution in [0.3, 0.4) is 0 Å². The number of hydrogen-bond donors (Lipinski definition) is 3. The second-order valence-corrected chi connectivity index (χ2v) is 9.33. The van der Waals surface area contributed by atoms with Crippen LogP contribution in [0.5, 0.6) is 11.5 Å². The molecule has 6 nitrogen and oxygen atoms in total. The molecule has 0 saturated carbocycles. The first-order valence-corrected chi connectivity index (χ1v) is 12.0. The lowest BCUT2D eigenvalue weighted by Crippen LogP contribution is -2.39. The zero-order valence-corrected chi connectivity index (χ0v) is 20.5. The molecule has 0 amide bonds. The average molecular weight is 476 g/mol. The Balaban J connectivity index is 1.25. The molecule has 0 bridgehead atoms. The maximum atomic E-state index is 11.1. The highest BCUT2D eigenvalue weighted by Crippen LogP contribution is 2.32. The van der Waals surface area contributed by atoms with Crippen molar-refractivity contribution in [3.63, 3.8) is 0 Å². The van der Waals surface area contributed by atoms with Gasteiger partial charge in [-0.25, -0.2) is 4.79 Å². The molecule has 35 heavy (non-hydrogen) atoms. The largest absolute Gasteiger partial charge is 0.490 e. The maximum absolute atomic E-state index is 11.1. The van der Waals surface area contributed by atoms with Gasteiger partial charge < -0.3 is 25.0 Å². The van der Waals surface area contributed by atoms with Gasteiger partial charge in [-0.15, -0.1) is 0 Å². The maximum Gasteiger partial charge on any atom is 0.335 e. The summed E-state index contributed by atoms with van der Waals surface area (Å²) in [4.78, 5) is 11.1. The highest BCUT2D eigenvalue weighted by Gasteiger charge is 2.20. The number of rotatable bonds is 9. The van der Waals surface area contributed by atoms with Crippen molar-refractivity contribution >= 4 is 5.97 Å². The van der Waals surface area contributed by atoms with Crippen LogP contribution < -0.4 is 14.8 Å². The van der Waals surface area contributed by atoms with E-state index in [9.17, 15) is 9.90 Å². The second kappa shape index (κ2) is 10.9. The first-order valence-electron chi connectivity index (χ1n) is 12.0. The zero-order valence-electron chi connectivity index (χ0n) is 20.5. The van der Waals surface area contributed by atoms with Crippen LogP contribution in [0.4, 0.5) is 0 Å². The number of carboxylic acid groups (broad SMARTS) is 1. The van der Waals surface area contributed by atoms with Gasteiger partial charge in [0, 0.05) is 13.1 Å². The highest BCUT2D eigenvalue weighted by molar-refractivity contribution is 5.88. The highest BCUT2D eigenvalue weighted by atomic mass is 16.5. The van der Waals surface area contributed by atoms with E-state index in [2.05, 4.69) is 30.4 Å². The van der Waals surface area contributed by atoms with Gasteiger partial charge in [0.1, 0.15) is 30.3 Å². The molecule has 0 radical (unpaired) electrons. The molecule has 1 aliphatic heterocycles. The molecule has 6 heteroatoms. The number of fused-ring (bicyclic) bond motifs is 1. The Morgan fingerprint density at radius 3 is 2.43 bits per heavy atom. The fourth-order valence-electron chi connectivity index (χ4n) is 4.62. The standard InChI is InChI=1S/C29H33NO5/c1-18-12-19(2)28(20(3)13-18)34-17-25(31)15-30-16-26-10-8-24-14-23(9-11-27(24)35-26)21-4-6-22(7-5-21)29(32)33/h4-7,9,11-14,25-26,30-31H,8,10,15-17H2,1-3H3,(H,32,33). The van der Waals surface area contributed by atoms with Crippen LogP contribution in [0.25, 0.3) is 11.1 Å². The summed E-state index contributed by atoms with van der Waals surface area (Å²) in [5.41, 5.74) is 6.82. The van der Waals surface area contributed by atoms with Gasteiger partial charge in [0.05, 0.1) is 5.56 Å². The number of aliphatic hydroxyl groups excluding tert-OH is 1. The summed E-state index contributed by atoms with van der Waals surface area (Å²) >= 11 is 0. The Hall–Kier alpha value is -3.35. The van der Waals surface area contributed by atoms with E-state index in [1.165, 1.54) is 5.56 Å². The van der Waals surface area contributed by atoms with Crippen molar-refractivity contribution in [1.82, 2.24) is 5.32 Å². The third-order valence-corrected chi connectivity index (χ3v) is 6.33. The molecule has 0 saturated heterocycles. The number of aliphatic hydroxyl groups is 1. The van der Waals surface area contributed by atoms with Gasteiger partial charge in [0.25, 0.3) is 0 Å². The van der Waals surface area contributed by atoms with Crippen LogP contribution in [-0.4, -0.2) is 48.1 Å². The Morgan fingerprint density at radius 1 is 1.06 bits per heavy atom. The van der Waals surface area contributed by atoms with Crippen LogP contribution in [0.2, 0.25) is 0 Å². The number of hydrogen-bond acceptors (Lipinski definition) is 5. The SMILES string of the molecule is Cc1cc(C)c(OCC(O)CNCC2CCc3cc(-c4ccc(C(=O)O)cc4)ccc3O2)c(C)c1. The van der Waals surface area contributed by atoms with E-state index in [4.69, 9.17) is 14.6 Å². The van der Waals surface area contributed by atoms with E-state index in [1.54, 1.807) is 12.1 Å². The molecule has 3 N–H and O–H groups in total. The Kier molecular flexibility index (Phi) is 7.73.